The minimum absolute atomic E-state index is 0.131. The molecule has 0 bridgehead atoms. The number of anilines is 1. The van der Waals surface area contributed by atoms with Crippen LogP contribution in [0.3, 0.4) is 0 Å². The second-order valence-electron chi connectivity index (χ2n) is 5.20. The number of carbonyl (C=O) groups is 4. The summed E-state index contributed by atoms with van der Waals surface area (Å²) in [6.07, 6.45) is 2.03. The molecule has 0 saturated carbocycles. The molecule has 0 radical (unpaired) electrons. The van der Waals surface area contributed by atoms with Gasteiger partial charge in [-0.05, 0) is 24.3 Å². The number of hydrogen-bond donors (Lipinski definition) is 2. The fourth-order valence-electron chi connectivity index (χ4n) is 2.33. The Morgan fingerprint density at radius 1 is 1.33 bits per heavy atom. The maximum Gasteiger partial charge on any atom is 0.350 e. The fourth-order valence-corrected chi connectivity index (χ4v) is 3.10. The van der Waals surface area contributed by atoms with Crippen molar-refractivity contribution in [1.29, 1.82) is 0 Å². The summed E-state index contributed by atoms with van der Waals surface area (Å²) >= 11 is 1.11. The standard InChI is InChI=1S/C15H19N3O5S/c1-23-15(22)12-10(5-9-24-12)17-14(21)13(20)16-6-3-8-18-7-2-4-11(18)19/h5,9H,2-4,6-8H2,1H3,(H,16,20)(H,17,21). The van der Waals surface area contributed by atoms with E-state index in [0.717, 1.165) is 24.3 Å². The van der Waals surface area contributed by atoms with E-state index >= 15 is 0 Å². The lowest BCUT2D eigenvalue weighted by molar-refractivity contribution is -0.136. The molecule has 1 aliphatic heterocycles. The maximum atomic E-state index is 11.8. The smallest absolute Gasteiger partial charge is 0.350 e. The Labute approximate surface area is 143 Å². The second-order valence-corrected chi connectivity index (χ2v) is 6.12. The van der Waals surface area contributed by atoms with E-state index in [1.54, 1.807) is 10.3 Å². The molecule has 24 heavy (non-hydrogen) atoms. The summed E-state index contributed by atoms with van der Waals surface area (Å²) < 4.78 is 4.60. The summed E-state index contributed by atoms with van der Waals surface area (Å²) in [5.74, 6) is -2.08. The van der Waals surface area contributed by atoms with Crippen LogP contribution in [0.1, 0.15) is 28.9 Å². The molecular formula is C15H19N3O5S. The fraction of sp³-hybridized carbons (Fsp3) is 0.467. The lowest BCUT2D eigenvalue weighted by atomic mass is 10.3. The van der Waals surface area contributed by atoms with Gasteiger partial charge in [-0.25, -0.2) is 4.79 Å². The van der Waals surface area contributed by atoms with Crippen LogP contribution >= 0.6 is 11.3 Å². The molecule has 2 heterocycles. The van der Waals surface area contributed by atoms with Crippen molar-refractivity contribution in [2.75, 3.05) is 32.1 Å². The first-order valence-corrected chi connectivity index (χ1v) is 8.43. The quantitative estimate of drug-likeness (QED) is 0.443. The highest BCUT2D eigenvalue weighted by atomic mass is 32.1. The average Bonchev–Trinajstić information content (AvgIpc) is 3.19. The number of amides is 3. The highest BCUT2D eigenvalue weighted by molar-refractivity contribution is 7.12. The van der Waals surface area contributed by atoms with Crippen molar-refractivity contribution >= 4 is 40.7 Å². The summed E-state index contributed by atoms with van der Waals surface area (Å²) in [6, 6.07) is 1.53. The van der Waals surface area contributed by atoms with Crippen LogP contribution < -0.4 is 10.6 Å². The number of methoxy groups -OCH3 is 1. The summed E-state index contributed by atoms with van der Waals surface area (Å²) in [7, 11) is 1.24. The molecule has 0 aliphatic carbocycles. The molecule has 0 atom stereocenters. The molecular weight excluding hydrogens is 334 g/mol. The zero-order valence-corrected chi connectivity index (χ0v) is 14.1. The SMILES string of the molecule is COC(=O)c1sccc1NC(=O)C(=O)NCCCN1CCCC1=O. The van der Waals surface area contributed by atoms with Crippen LogP contribution in [0.4, 0.5) is 5.69 Å². The molecule has 2 rings (SSSR count). The van der Waals surface area contributed by atoms with Crippen molar-refractivity contribution in [1.82, 2.24) is 10.2 Å². The van der Waals surface area contributed by atoms with Crippen molar-refractivity contribution in [2.24, 2.45) is 0 Å². The van der Waals surface area contributed by atoms with Crippen LogP contribution in [-0.4, -0.2) is 55.3 Å². The van der Waals surface area contributed by atoms with E-state index in [0.29, 0.717) is 25.9 Å². The Morgan fingerprint density at radius 2 is 2.12 bits per heavy atom. The van der Waals surface area contributed by atoms with E-state index in [9.17, 15) is 19.2 Å². The first kappa shape index (κ1) is 17.9. The molecule has 3 amide bonds. The molecule has 2 N–H and O–H groups in total. The molecule has 1 aromatic heterocycles. The average molecular weight is 353 g/mol. The van der Waals surface area contributed by atoms with Crippen LogP contribution in [0, 0.1) is 0 Å². The molecule has 1 fully saturated rings. The minimum Gasteiger partial charge on any atom is -0.465 e. The van der Waals surface area contributed by atoms with Crippen LogP contribution in [0.5, 0.6) is 0 Å². The number of ether oxygens (including phenoxy) is 1. The van der Waals surface area contributed by atoms with Gasteiger partial charge in [-0.2, -0.15) is 0 Å². The van der Waals surface area contributed by atoms with Gasteiger partial charge < -0.3 is 20.3 Å². The Kier molecular flexibility index (Phi) is 6.30. The first-order valence-electron chi connectivity index (χ1n) is 7.55. The Morgan fingerprint density at radius 3 is 2.79 bits per heavy atom. The van der Waals surface area contributed by atoms with Gasteiger partial charge in [-0.15, -0.1) is 11.3 Å². The van der Waals surface area contributed by atoms with Gasteiger partial charge in [-0.1, -0.05) is 0 Å². The third-order valence-corrected chi connectivity index (χ3v) is 4.45. The van der Waals surface area contributed by atoms with Crippen LogP contribution in [-0.2, 0) is 19.1 Å². The number of thiophene rings is 1. The van der Waals surface area contributed by atoms with Gasteiger partial charge in [0, 0.05) is 26.1 Å². The number of esters is 1. The molecule has 0 spiro atoms. The predicted molar refractivity (Wildman–Crippen MR) is 87.7 cm³/mol. The summed E-state index contributed by atoms with van der Waals surface area (Å²) in [5.41, 5.74) is 0.245. The van der Waals surface area contributed by atoms with E-state index in [1.807, 2.05) is 0 Å². The van der Waals surface area contributed by atoms with Crippen molar-refractivity contribution in [3.63, 3.8) is 0 Å². The molecule has 1 saturated heterocycles. The number of nitrogens with zero attached hydrogens (tertiary/aromatic N) is 1. The third-order valence-electron chi connectivity index (χ3n) is 3.55. The summed E-state index contributed by atoms with van der Waals surface area (Å²) in [5, 5.41) is 6.50. The van der Waals surface area contributed by atoms with E-state index in [2.05, 4.69) is 15.4 Å². The van der Waals surface area contributed by atoms with E-state index in [-0.39, 0.29) is 16.5 Å². The van der Waals surface area contributed by atoms with Gasteiger partial charge in [0.05, 0.1) is 12.8 Å². The topological polar surface area (TPSA) is 105 Å². The lowest BCUT2D eigenvalue weighted by Crippen LogP contribution is -2.37. The number of nitrogens with one attached hydrogen (secondary N) is 2. The molecule has 1 aromatic rings. The molecule has 130 valence electrons. The molecule has 1 aliphatic rings. The zero-order chi connectivity index (χ0) is 17.5. The second kappa shape index (κ2) is 8.44. The zero-order valence-electron chi connectivity index (χ0n) is 13.3. The van der Waals surface area contributed by atoms with Crippen LogP contribution in [0.25, 0.3) is 0 Å². The normalized spacial score (nSPS) is 13.7. The van der Waals surface area contributed by atoms with E-state index in [4.69, 9.17) is 0 Å². The summed E-state index contributed by atoms with van der Waals surface area (Å²) in [6.45, 7) is 1.61. The lowest BCUT2D eigenvalue weighted by Gasteiger charge is -2.15. The molecule has 0 unspecified atom stereocenters. The van der Waals surface area contributed by atoms with E-state index in [1.165, 1.54) is 13.2 Å². The van der Waals surface area contributed by atoms with Gasteiger partial charge in [0.1, 0.15) is 4.88 Å². The van der Waals surface area contributed by atoms with Crippen molar-refractivity contribution < 1.29 is 23.9 Å². The van der Waals surface area contributed by atoms with Gasteiger partial charge in [0.2, 0.25) is 5.91 Å². The van der Waals surface area contributed by atoms with Crippen molar-refractivity contribution in [3.8, 4) is 0 Å². The van der Waals surface area contributed by atoms with Gasteiger partial charge >= 0.3 is 17.8 Å². The summed E-state index contributed by atoms with van der Waals surface area (Å²) in [4.78, 5) is 48.5. The third kappa shape index (κ3) is 4.54. The van der Waals surface area contributed by atoms with Crippen molar-refractivity contribution in [3.05, 3.63) is 16.3 Å². The largest absolute Gasteiger partial charge is 0.465 e. The van der Waals surface area contributed by atoms with Gasteiger partial charge in [-0.3, -0.25) is 14.4 Å². The monoisotopic (exact) mass is 353 g/mol. The Hall–Kier alpha value is -2.42. The molecule has 8 nitrogen and oxygen atoms in total. The van der Waals surface area contributed by atoms with Gasteiger partial charge in [0.15, 0.2) is 0 Å². The number of likely N-dealkylation sites (tertiary alicyclic amines) is 1. The Bertz CT molecular complexity index is 643. The Balaban J connectivity index is 1.74. The van der Waals surface area contributed by atoms with Crippen molar-refractivity contribution in [2.45, 2.75) is 19.3 Å². The number of hydrogen-bond acceptors (Lipinski definition) is 6. The predicted octanol–water partition coefficient (Wildman–Crippen LogP) is 0.602. The van der Waals surface area contributed by atoms with Crippen LogP contribution in [0.15, 0.2) is 11.4 Å². The van der Waals surface area contributed by atoms with Crippen LogP contribution in [0.2, 0.25) is 0 Å². The number of carbonyl (C=O) groups excluding carboxylic acids is 4. The molecule has 0 aromatic carbocycles. The van der Waals surface area contributed by atoms with E-state index < -0.39 is 17.8 Å². The minimum atomic E-state index is -0.851. The maximum absolute atomic E-state index is 11.8. The highest BCUT2D eigenvalue weighted by Crippen LogP contribution is 2.22. The molecule has 9 heteroatoms. The van der Waals surface area contributed by atoms with Gasteiger partial charge in [0.25, 0.3) is 0 Å². The highest BCUT2D eigenvalue weighted by Gasteiger charge is 2.21. The number of rotatable bonds is 6. The first-order chi connectivity index (χ1) is 11.5.